The summed E-state index contributed by atoms with van der Waals surface area (Å²) >= 11 is 5.70. The zero-order valence-corrected chi connectivity index (χ0v) is 10.3. The summed E-state index contributed by atoms with van der Waals surface area (Å²) in [5.74, 6) is 1.24. The van der Waals surface area contributed by atoms with Gasteiger partial charge in [0.2, 0.25) is 0 Å². The normalized spacial score (nSPS) is 9.62. The molecule has 0 aliphatic heterocycles. The molecule has 1 aromatic heterocycles. The van der Waals surface area contributed by atoms with Gasteiger partial charge in [0.05, 0.1) is 24.4 Å². The number of methoxy groups -OCH3 is 1. The van der Waals surface area contributed by atoms with Gasteiger partial charge in [0.25, 0.3) is 0 Å². The highest BCUT2D eigenvalue weighted by Gasteiger charge is 2.07. The maximum Gasteiger partial charge on any atom is 0.128 e. The molecule has 16 heavy (non-hydrogen) atoms. The van der Waals surface area contributed by atoms with Crippen LogP contribution in [0.15, 0.2) is 30.3 Å². The lowest BCUT2D eigenvalue weighted by molar-refractivity contribution is 0.416. The molecule has 5 heteroatoms. The van der Waals surface area contributed by atoms with E-state index in [2.05, 4.69) is 10.2 Å². The lowest BCUT2D eigenvalue weighted by Gasteiger charge is -2.04. The Morgan fingerprint density at radius 1 is 1.38 bits per heavy atom. The van der Waals surface area contributed by atoms with Crippen LogP contribution in [0.2, 0.25) is 0 Å². The lowest BCUT2D eigenvalue weighted by atomic mass is 10.1. The maximum atomic E-state index is 5.70. The van der Waals surface area contributed by atoms with Gasteiger partial charge in [-0.05, 0) is 18.2 Å². The number of halogens is 2. The number of para-hydroxylation sites is 1. The molecule has 3 nitrogen and oxygen atoms in total. The standard InChI is InChI=1S/C11H11ClN2O.ClH/c1-15-11-5-3-2-4-9(11)10-6-8(7-12)13-14-10;/h2-6H,7H2,1H3,(H,13,14);1H. The minimum atomic E-state index is 0. The number of rotatable bonds is 3. The van der Waals surface area contributed by atoms with E-state index in [1.807, 2.05) is 30.3 Å². The molecule has 0 aliphatic rings. The van der Waals surface area contributed by atoms with Gasteiger partial charge >= 0.3 is 0 Å². The van der Waals surface area contributed by atoms with Gasteiger partial charge in [-0.1, -0.05) is 12.1 Å². The largest absolute Gasteiger partial charge is 0.496 e. The monoisotopic (exact) mass is 258 g/mol. The van der Waals surface area contributed by atoms with Crippen LogP contribution < -0.4 is 4.74 Å². The highest BCUT2D eigenvalue weighted by Crippen LogP contribution is 2.28. The van der Waals surface area contributed by atoms with Crippen LogP contribution in [0.1, 0.15) is 5.69 Å². The molecule has 0 bridgehead atoms. The van der Waals surface area contributed by atoms with Crippen molar-refractivity contribution >= 4 is 24.0 Å². The van der Waals surface area contributed by atoms with Crippen molar-refractivity contribution < 1.29 is 4.74 Å². The SMILES string of the molecule is COc1ccccc1-c1cc(CCl)[nH]n1.Cl. The van der Waals surface area contributed by atoms with E-state index in [9.17, 15) is 0 Å². The molecule has 2 aromatic rings. The number of aromatic amines is 1. The molecule has 2 rings (SSSR count). The lowest BCUT2D eigenvalue weighted by Crippen LogP contribution is -1.87. The third-order valence-electron chi connectivity index (χ3n) is 2.16. The number of alkyl halides is 1. The van der Waals surface area contributed by atoms with Gasteiger partial charge in [-0.3, -0.25) is 5.10 Å². The second-order valence-electron chi connectivity index (χ2n) is 3.11. The van der Waals surface area contributed by atoms with Crippen LogP contribution in [-0.2, 0) is 5.88 Å². The summed E-state index contributed by atoms with van der Waals surface area (Å²) < 4.78 is 5.26. The minimum Gasteiger partial charge on any atom is -0.496 e. The fourth-order valence-corrected chi connectivity index (χ4v) is 1.56. The fourth-order valence-electron chi connectivity index (χ4n) is 1.42. The molecule has 1 aromatic carbocycles. The Labute approximate surface area is 105 Å². The quantitative estimate of drug-likeness (QED) is 0.859. The van der Waals surface area contributed by atoms with Crippen LogP contribution in [0.4, 0.5) is 0 Å². The zero-order valence-electron chi connectivity index (χ0n) is 8.74. The van der Waals surface area contributed by atoms with Gasteiger partial charge in [-0.2, -0.15) is 5.10 Å². The highest BCUT2D eigenvalue weighted by atomic mass is 35.5. The first-order valence-electron chi connectivity index (χ1n) is 4.59. The van der Waals surface area contributed by atoms with Crippen molar-refractivity contribution in [1.29, 1.82) is 0 Å². The van der Waals surface area contributed by atoms with Gasteiger partial charge in [-0.15, -0.1) is 24.0 Å². The van der Waals surface area contributed by atoms with Gasteiger partial charge in [-0.25, -0.2) is 0 Å². The summed E-state index contributed by atoms with van der Waals surface area (Å²) in [5.41, 5.74) is 2.72. The van der Waals surface area contributed by atoms with E-state index < -0.39 is 0 Å². The number of ether oxygens (including phenoxy) is 1. The molecular formula is C11H12Cl2N2O. The van der Waals surface area contributed by atoms with Crippen molar-refractivity contribution in [3.05, 3.63) is 36.0 Å². The van der Waals surface area contributed by atoms with E-state index >= 15 is 0 Å². The average molecular weight is 259 g/mol. The fraction of sp³-hybridized carbons (Fsp3) is 0.182. The zero-order chi connectivity index (χ0) is 10.7. The Balaban J connectivity index is 0.00000128. The van der Waals surface area contributed by atoms with E-state index in [0.717, 1.165) is 22.7 Å². The number of benzene rings is 1. The molecule has 0 spiro atoms. The van der Waals surface area contributed by atoms with Crippen molar-refractivity contribution in [2.24, 2.45) is 0 Å². The summed E-state index contributed by atoms with van der Waals surface area (Å²) in [4.78, 5) is 0. The first-order valence-corrected chi connectivity index (χ1v) is 5.12. The Morgan fingerprint density at radius 3 is 2.75 bits per heavy atom. The molecule has 0 radical (unpaired) electrons. The van der Waals surface area contributed by atoms with E-state index in [1.54, 1.807) is 7.11 Å². The van der Waals surface area contributed by atoms with E-state index in [0.29, 0.717) is 5.88 Å². The Kier molecular flexibility index (Phi) is 4.65. The molecule has 1 N–H and O–H groups in total. The number of nitrogens with zero attached hydrogens (tertiary/aromatic N) is 1. The topological polar surface area (TPSA) is 37.9 Å². The molecule has 0 unspecified atom stereocenters. The summed E-state index contributed by atoms with van der Waals surface area (Å²) in [6.45, 7) is 0. The predicted octanol–water partition coefficient (Wildman–Crippen LogP) is 3.25. The third-order valence-corrected chi connectivity index (χ3v) is 2.45. The van der Waals surface area contributed by atoms with Crippen LogP contribution in [0.25, 0.3) is 11.3 Å². The summed E-state index contributed by atoms with van der Waals surface area (Å²) in [7, 11) is 1.65. The van der Waals surface area contributed by atoms with Gasteiger partial charge in [0, 0.05) is 5.56 Å². The number of H-pyrrole nitrogens is 1. The maximum absolute atomic E-state index is 5.70. The highest BCUT2D eigenvalue weighted by molar-refractivity contribution is 6.16. The molecule has 0 aliphatic carbocycles. The number of hydrogen-bond donors (Lipinski definition) is 1. The first kappa shape index (κ1) is 12.9. The van der Waals surface area contributed by atoms with E-state index in [4.69, 9.17) is 16.3 Å². The number of hydrogen-bond acceptors (Lipinski definition) is 2. The molecule has 0 amide bonds. The smallest absolute Gasteiger partial charge is 0.128 e. The van der Waals surface area contributed by atoms with Crippen LogP contribution in [0, 0.1) is 0 Å². The van der Waals surface area contributed by atoms with Crippen LogP contribution in [0.3, 0.4) is 0 Å². The van der Waals surface area contributed by atoms with Crippen molar-refractivity contribution in [3.8, 4) is 17.0 Å². The molecule has 0 saturated heterocycles. The minimum absolute atomic E-state index is 0. The van der Waals surface area contributed by atoms with Crippen LogP contribution in [-0.4, -0.2) is 17.3 Å². The molecule has 86 valence electrons. The van der Waals surface area contributed by atoms with Crippen molar-refractivity contribution in [2.45, 2.75) is 5.88 Å². The molecule has 0 fully saturated rings. The van der Waals surface area contributed by atoms with Crippen molar-refractivity contribution in [2.75, 3.05) is 7.11 Å². The summed E-state index contributed by atoms with van der Waals surface area (Å²) in [5, 5.41) is 7.04. The Bertz CT molecular complexity index is 457. The summed E-state index contributed by atoms with van der Waals surface area (Å²) in [6.07, 6.45) is 0. The van der Waals surface area contributed by atoms with Crippen LogP contribution >= 0.6 is 24.0 Å². The van der Waals surface area contributed by atoms with Gasteiger partial charge in [0.1, 0.15) is 5.75 Å². The number of aromatic nitrogens is 2. The molecule has 0 saturated carbocycles. The Hall–Kier alpha value is -1.19. The van der Waals surface area contributed by atoms with E-state index in [-0.39, 0.29) is 12.4 Å². The second-order valence-corrected chi connectivity index (χ2v) is 3.38. The van der Waals surface area contributed by atoms with Gasteiger partial charge in [0.15, 0.2) is 0 Å². The molecular weight excluding hydrogens is 247 g/mol. The van der Waals surface area contributed by atoms with Crippen molar-refractivity contribution in [3.63, 3.8) is 0 Å². The second kappa shape index (κ2) is 5.77. The average Bonchev–Trinajstić information content (AvgIpc) is 2.77. The third kappa shape index (κ3) is 2.49. The Morgan fingerprint density at radius 2 is 2.12 bits per heavy atom. The molecule has 1 heterocycles. The van der Waals surface area contributed by atoms with E-state index in [1.165, 1.54) is 0 Å². The van der Waals surface area contributed by atoms with Crippen molar-refractivity contribution in [1.82, 2.24) is 10.2 Å². The van der Waals surface area contributed by atoms with Gasteiger partial charge < -0.3 is 4.74 Å². The molecule has 0 atom stereocenters. The first-order chi connectivity index (χ1) is 7.35. The predicted molar refractivity (Wildman–Crippen MR) is 67.4 cm³/mol. The van der Waals surface area contributed by atoms with Crippen LogP contribution in [0.5, 0.6) is 5.75 Å². The summed E-state index contributed by atoms with van der Waals surface area (Å²) in [6, 6.07) is 9.67. The number of nitrogens with one attached hydrogen (secondary N) is 1.